The van der Waals surface area contributed by atoms with Gasteiger partial charge in [-0.15, -0.1) is 0 Å². The molecule has 10 heteroatoms. The van der Waals surface area contributed by atoms with Gasteiger partial charge < -0.3 is 18.4 Å². The molecule has 0 atom stereocenters. The number of amides is 1. The van der Waals surface area contributed by atoms with Crippen molar-refractivity contribution in [1.82, 2.24) is 5.16 Å². The molecule has 0 radical (unpaired) electrons. The lowest BCUT2D eigenvalue weighted by molar-refractivity contribution is -0.119. The molecule has 150 valence electrons. The molecule has 28 heavy (non-hydrogen) atoms. The Hall–Kier alpha value is -3.43. The first-order valence-electron chi connectivity index (χ1n) is 8.38. The first-order valence-corrected chi connectivity index (χ1v) is 8.38. The number of rotatable bonds is 7. The topological polar surface area (TPSA) is 138 Å². The summed E-state index contributed by atoms with van der Waals surface area (Å²) in [5.74, 6) is -2.62. The number of ketones is 1. The van der Waals surface area contributed by atoms with Gasteiger partial charge in [-0.25, -0.2) is 9.59 Å². The number of carbonyl (C=O) groups excluding carboxylic acids is 4. The minimum atomic E-state index is -0.812. The maximum absolute atomic E-state index is 12.2. The molecule has 1 N–H and O–H groups in total. The molecule has 2 heterocycles. The molecule has 0 spiro atoms. The smallest absolute Gasteiger partial charge is 0.344 e. The van der Waals surface area contributed by atoms with Crippen LogP contribution in [0.3, 0.4) is 0 Å². The molecule has 0 aliphatic rings. The van der Waals surface area contributed by atoms with Gasteiger partial charge in [0.15, 0.2) is 12.4 Å². The summed E-state index contributed by atoms with van der Waals surface area (Å²) in [7, 11) is 0. The van der Waals surface area contributed by atoms with Crippen LogP contribution >= 0.6 is 0 Å². The molecule has 0 saturated heterocycles. The first-order chi connectivity index (χ1) is 13.2. The number of hydrogen-bond acceptors (Lipinski definition) is 9. The third-order valence-corrected chi connectivity index (χ3v) is 3.74. The summed E-state index contributed by atoms with van der Waals surface area (Å²) in [6.07, 6.45) is 0. The van der Waals surface area contributed by atoms with Crippen LogP contribution < -0.4 is 5.32 Å². The van der Waals surface area contributed by atoms with Crippen molar-refractivity contribution >= 4 is 29.5 Å². The lowest BCUT2D eigenvalue weighted by Crippen LogP contribution is -2.22. The average molecular weight is 392 g/mol. The van der Waals surface area contributed by atoms with Gasteiger partial charge in [0, 0.05) is 0 Å². The van der Waals surface area contributed by atoms with E-state index in [0.717, 1.165) is 0 Å². The number of anilines is 1. The second kappa shape index (κ2) is 8.51. The number of ether oxygens (including phenoxy) is 2. The molecule has 0 aliphatic carbocycles. The Morgan fingerprint density at radius 3 is 2.14 bits per heavy atom. The Morgan fingerprint density at radius 2 is 1.61 bits per heavy atom. The zero-order valence-corrected chi connectivity index (χ0v) is 16.1. The van der Waals surface area contributed by atoms with Crippen molar-refractivity contribution in [3.63, 3.8) is 0 Å². The molecular formula is C18H20N2O8. The van der Waals surface area contributed by atoms with Gasteiger partial charge in [0.1, 0.15) is 22.6 Å². The summed E-state index contributed by atoms with van der Waals surface area (Å²) >= 11 is 0. The van der Waals surface area contributed by atoms with Crippen LogP contribution in [0.5, 0.6) is 0 Å². The summed E-state index contributed by atoms with van der Waals surface area (Å²) in [6.45, 7) is 6.86. The number of esters is 2. The van der Waals surface area contributed by atoms with Gasteiger partial charge in [-0.2, -0.15) is 0 Å². The molecule has 0 unspecified atom stereocenters. The van der Waals surface area contributed by atoms with E-state index in [0.29, 0.717) is 5.69 Å². The Balaban J connectivity index is 2.15. The monoisotopic (exact) mass is 392 g/mol. The molecule has 2 rings (SSSR count). The Morgan fingerprint density at radius 1 is 0.964 bits per heavy atom. The summed E-state index contributed by atoms with van der Waals surface area (Å²) < 4.78 is 20.1. The quantitative estimate of drug-likeness (QED) is 0.556. The van der Waals surface area contributed by atoms with Crippen molar-refractivity contribution in [3.8, 4) is 0 Å². The van der Waals surface area contributed by atoms with Crippen molar-refractivity contribution in [1.29, 1.82) is 0 Å². The lowest BCUT2D eigenvalue weighted by Gasteiger charge is -2.07. The van der Waals surface area contributed by atoms with Crippen LogP contribution in [0.2, 0.25) is 0 Å². The number of Topliss-reactive ketones (excluding diaryl/α,β-unsaturated/α-hetero) is 1. The predicted octanol–water partition coefficient (Wildman–Crippen LogP) is 2.37. The third-order valence-electron chi connectivity index (χ3n) is 3.74. The van der Waals surface area contributed by atoms with Crippen LogP contribution in [0.1, 0.15) is 62.1 Å². The second-order valence-corrected chi connectivity index (χ2v) is 5.84. The van der Waals surface area contributed by atoms with E-state index in [9.17, 15) is 19.2 Å². The van der Waals surface area contributed by atoms with Gasteiger partial charge in [-0.1, -0.05) is 5.16 Å². The number of aromatic nitrogens is 1. The number of hydrogen-bond donors (Lipinski definition) is 1. The maximum atomic E-state index is 12.2. The molecule has 0 aromatic carbocycles. The van der Waals surface area contributed by atoms with E-state index >= 15 is 0 Å². The molecule has 1 amide bonds. The van der Waals surface area contributed by atoms with E-state index < -0.39 is 30.2 Å². The summed E-state index contributed by atoms with van der Waals surface area (Å²) in [6, 6.07) is 0. The van der Waals surface area contributed by atoms with Crippen LogP contribution in [0.15, 0.2) is 8.94 Å². The molecule has 2 aromatic heterocycles. The Labute approximate surface area is 160 Å². The number of carbonyl (C=O) groups is 4. The lowest BCUT2D eigenvalue weighted by atomic mass is 10.1. The van der Waals surface area contributed by atoms with Crippen LogP contribution in [0, 0.1) is 20.8 Å². The van der Waals surface area contributed by atoms with Crippen LogP contribution in [-0.4, -0.2) is 42.0 Å². The van der Waals surface area contributed by atoms with E-state index in [2.05, 4.69) is 10.5 Å². The van der Waals surface area contributed by atoms with Gasteiger partial charge in [0.25, 0.3) is 5.91 Å². The van der Waals surface area contributed by atoms with Crippen LogP contribution in [-0.2, 0) is 14.3 Å². The summed E-state index contributed by atoms with van der Waals surface area (Å²) in [5, 5.41) is 5.96. The average Bonchev–Trinajstić information content (AvgIpc) is 3.12. The van der Waals surface area contributed by atoms with Gasteiger partial charge >= 0.3 is 11.9 Å². The molecule has 10 nitrogen and oxygen atoms in total. The second-order valence-electron chi connectivity index (χ2n) is 5.84. The highest BCUT2D eigenvalue weighted by molar-refractivity contribution is 6.10. The van der Waals surface area contributed by atoms with E-state index in [1.54, 1.807) is 13.8 Å². The van der Waals surface area contributed by atoms with Crippen molar-refractivity contribution in [2.24, 2.45) is 0 Å². The summed E-state index contributed by atoms with van der Waals surface area (Å²) in [4.78, 5) is 48.3. The third kappa shape index (κ3) is 4.27. The number of aryl methyl sites for hydroxylation is 3. The first kappa shape index (κ1) is 20.9. The largest absolute Gasteiger partial charge is 0.462 e. The van der Waals surface area contributed by atoms with E-state index in [4.69, 9.17) is 18.4 Å². The molecular weight excluding hydrogens is 372 g/mol. The summed E-state index contributed by atoms with van der Waals surface area (Å²) in [5.41, 5.74) is 0.298. The van der Waals surface area contributed by atoms with Gasteiger partial charge in [-0.3, -0.25) is 14.9 Å². The standard InChI is InChI=1S/C18H20N2O8/c1-6-25-18(24)15-14(9(3)21)10(4)27-16(15)19-12(22)7-26-17(23)13-8(2)20-28-11(13)5/h6-7H2,1-5H3,(H,19,22). The van der Waals surface area contributed by atoms with E-state index in [1.807, 2.05) is 0 Å². The van der Waals surface area contributed by atoms with Gasteiger partial charge in [-0.05, 0) is 34.6 Å². The fourth-order valence-electron chi connectivity index (χ4n) is 2.60. The van der Waals surface area contributed by atoms with Crippen molar-refractivity contribution in [3.05, 3.63) is 33.9 Å². The Kier molecular flexibility index (Phi) is 6.34. The highest BCUT2D eigenvalue weighted by Crippen LogP contribution is 2.28. The maximum Gasteiger partial charge on any atom is 0.344 e. The normalized spacial score (nSPS) is 10.5. The molecule has 0 aliphatic heterocycles. The van der Waals surface area contributed by atoms with Gasteiger partial charge in [0.2, 0.25) is 5.88 Å². The predicted molar refractivity (Wildman–Crippen MR) is 94.3 cm³/mol. The van der Waals surface area contributed by atoms with E-state index in [1.165, 1.54) is 20.8 Å². The number of furan rings is 1. The minimum Gasteiger partial charge on any atom is -0.462 e. The van der Waals surface area contributed by atoms with Crippen LogP contribution in [0.4, 0.5) is 5.88 Å². The van der Waals surface area contributed by atoms with E-state index in [-0.39, 0.29) is 40.7 Å². The van der Waals surface area contributed by atoms with Gasteiger partial charge in [0.05, 0.1) is 17.9 Å². The fourth-order valence-corrected chi connectivity index (χ4v) is 2.60. The van der Waals surface area contributed by atoms with Crippen molar-refractivity contribution in [2.45, 2.75) is 34.6 Å². The highest BCUT2D eigenvalue weighted by atomic mass is 16.5. The minimum absolute atomic E-state index is 0.0152. The number of nitrogens with zero attached hydrogens (tertiary/aromatic N) is 1. The highest BCUT2D eigenvalue weighted by Gasteiger charge is 2.29. The molecule has 2 aromatic rings. The molecule has 0 saturated carbocycles. The van der Waals surface area contributed by atoms with Crippen molar-refractivity contribution < 1.29 is 37.6 Å². The zero-order valence-electron chi connectivity index (χ0n) is 16.1. The molecule has 0 fully saturated rings. The fraction of sp³-hybridized carbons (Fsp3) is 0.389. The van der Waals surface area contributed by atoms with Crippen molar-refractivity contribution in [2.75, 3.05) is 18.5 Å². The number of nitrogens with one attached hydrogen (secondary N) is 1. The SMILES string of the molecule is CCOC(=O)c1c(NC(=O)COC(=O)c2c(C)noc2C)oc(C)c1C(C)=O. The Bertz CT molecular complexity index is 918. The molecule has 0 bridgehead atoms. The zero-order chi connectivity index (χ0) is 21.0. The van der Waals surface area contributed by atoms with Crippen LogP contribution in [0.25, 0.3) is 0 Å².